The Kier molecular flexibility index (Phi) is 3.85. The number of ether oxygens (including phenoxy) is 1. The van der Waals surface area contributed by atoms with Gasteiger partial charge in [0.2, 0.25) is 0 Å². The Labute approximate surface area is 82.7 Å². The number of benzene rings is 1. The number of Topliss-reactive ketones (excluding diaryl/α,β-unsaturated/α-hetero) is 1. The van der Waals surface area contributed by atoms with E-state index in [1.807, 2.05) is 0 Å². The molecule has 0 radical (unpaired) electrons. The summed E-state index contributed by atoms with van der Waals surface area (Å²) in [6.07, 6.45) is 1.16. The van der Waals surface area contributed by atoms with Crippen LogP contribution in [0.25, 0.3) is 0 Å². The Morgan fingerprint density at radius 1 is 1.50 bits per heavy atom. The standard InChI is InChI=1S/C11H12O3/c1-9(13)5-6-14-11-4-2-3-10(7-11)8-12/h2-4,7-8H,5-6H2,1H3. The molecule has 0 aliphatic heterocycles. The van der Waals surface area contributed by atoms with Gasteiger partial charge in [-0.25, -0.2) is 0 Å². The molecule has 0 unspecified atom stereocenters. The van der Waals surface area contributed by atoms with E-state index in [1.54, 1.807) is 24.3 Å². The van der Waals surface area contributed by atoms with Crippen LogP contribution in [0.1, 0.15) is 23.7 Å². The van der Waals surface area contributed by atoms with E-state index in [-0.39, 0.29) is 5.78 Å². The number of aldehydes is 1. The normalized spacial score (nSPS) is 9.50. The molecule has 0 saturated carbocycles. The number of hydrogen-bond acceptors (Lipinski definition) is 3. The van der Waals surface area contributed by atoms with Gasteiger partial charge in [-0.15, -0.1) is 0 Å². The summed E-state index contributed by atoms with van der Waals surface area (Å²) in [4.78, 5) is 21.1. The lowest BCUT2D eigenvalue weighted by molar-refractivity contribution is -0.117. The highest BCUT2D eigenvalue weighted by atomic mass is 16.5. The van der Waals surface area contributed by atoms with E-state index in [0.717, 1.165) is 6.29 Å². The van der Waals surface area contributed by atoms with Crippen LogP contribution in [0.2, 0.25) is 0 Å². The molecule has 0 atom stereocenters. The van der Waals surface area contributed by atoms with Crippen LogP contribution >= 0.6 is 0 Å². The van der Waals surface area contributed by atoms with E-state index in [9.17, 15) is 9.59 Å². The lowest BCUT2D eigenvalue weighted by atomic mass is 10.2. The molecule has 1 aromatic carbocycles. The number of carbonyl (C=O) groups is 2. The molecule has 1 aromatic rings. The number of hydrogen-bond donors (Lipinski definition) is 0. The number of rotatable bonds is 5. The van der Waals surface area contributed by atoms with Crippen molar-refractivity contribution in [2.45, 2.75) is 13.3 Å². The summed E-state index contributed by atoms with van der Waals surface area (Å²) in [6.45, 7) is 1.88. The fraction of sp³-hybridized carbons (Fsp3) is 0.273. The van der Waals surface area contributed by atoms with Gasteiger partial charge in [0.1, 0.15) is 17.8 Å². The molecule has 0 bridgehead atoms. The second kappa shape index (κ2) is 5.17. The summed E-state index contributed by atoms with van der Waals surface area (Å²) < 4.78 is 5.28. The molecule has 0 aliphatic carbocycles. The van der Waals surface area contributed by atoms with Gasteiger partial charge in [-0.2, -0.15) is 0 Å². The molecule has 0 saturated heterocycles. The third kappa shape index (κ3) is 3.39. The topological polar surface area (TPSA) is 43.4 Å². The Bertz CT molecular complexity index is 331. The van der Waals surface area contributed by atoms with Gasteiger partial charge in [0.15, 0.2) is 0 Å². The van der Waals surface area contributed by atoms with E-state index in [0.29, 0.717) is 24.3 Å². The SMILES string of the molecule is CC(=O)CCOc1cccc(C=O)c1. The minimum absolute atomic E-state index is 0.0940. The maximum Gasteiger partial charge on any atom is 0.150 e. The van der Waals surface area contributed by atoms with Gasteiger partial charge < -0.3 is 4.74 Å². The summed E-state index contributed by atoms with van der Waals surface area (Å²) in [5, 5.41) is 0. The van der Waals surface area contributed by atoms with Crippen LogP contribution < -0.4 is 4.74 Å². The smallest absolute Gasteiger partial charge is 0.150 e. The predicted octanol–water partition coefficient (Wildman–Crippen LogP) is 1.86. The van der Waals surface area contributed by atoms with Crippen LogP contribution in [0.3, 0.4) is 0 Å². The lowest BCUT2D eigenvalue weighted by Crippen LogP contribution is -2.02. The van der Waals surface area contributed by atoms with Gasteiger partial charge in [0.05, 0.1) is 6.61 Å². The number of carbonyl (C=O) groups excluding carboxylic acids is 2. The van der Waals surface area contributed by atoms with Crippen molar-refractivity contribution < 1.29 is 14.3 Å². The van der Waals surface area contributed by atoms with Crippen molar-refractivity contribution in [2.24, 2.45) is 0 Å². The van der Waals surface area contributed by atoms with Crippen molar-refractivity contribution in [3.8, 4) is 5.75 Å². The average molecular weight is 192 g/mol. The van der Waals surface area contributed by atoms with Gasteiger partial charge in [-0.1, -0.05) is 12.1 Å². The second-order valence-corrected chi connectivity index (χ2v) is 2.99. The maximum atomic E-state index is 10.6. The second-order valence-electron chi connectivity index (χ2n) is 2.99. The van der Waals surface area contributed by atoms with Gasteiger partial charge in [-0.05, 0) is 19.1 Å². The first-order valence-electron chi connectivity index (χ1n) is 4.40. The fourth-order valence-electron chi connectivity index (χ4n) is 0.990. The molecule has 74 valence electrons. The molecule has 0 aromatic heterocycles. The number of ketones is 1. The van der Waals surface area contributed by atoms with E-state index in [1.165, 1.54) is 6.92 Å². The molecule has 0 fully saturated rings. The molecular formula is C11H12O3. The highest BCUT2D eigenvalue weighted by Crippen LogP contribution is 2.11. The van der Waals surface area contributed by atoms with Crippen molar-refractivity contribution in [1.82, 2.24) is 0 Å². The van der Waals surface area contributed by atoms with Crippen LogP contribution in [0.5, 0.6) is 5.75 Å². The highest BCUT2D eigenvalue weighted by Gasteiger charge is 1.97. The van der Waals surface area contributed by atoms with E-state index in [4.69, 9.17) is 4.74 Å². The minimum Gasteiger partial charge on any atom is -0.493 e. The molecular weight excluding hydrogens is 180 g/mol. The van der Waals surface area contributed by atoms with Crippen molar-refractivity contribution in [3.63, 3.8) is 0 Å². The van der Waals surface area contributed by atoms with E-state index >= 15 is 0 Å². The zero-order chi connectivity index (χ0) is 10.4. The zero-order valence-electron chi connectivity index (χ0n) is 8.03. The van der Waals surface area contributed by atoms with Gasteiger partial charge in [-0.3, -0.25) is 9.59 Å². The molecule has 3 nitrogen and oxygen atoms in total. The van der Waals surface area contributed by atoms with Crippen LogP contribution in [0.15, 0.2) is 24.3 Å². The summed E-state index contributed by atoms with van der Waals surface area (Å²) in [5.74, 6) is 0.715. The summed E-state index contributed by atoms with van der Waals surface area (Å²) >= 11 is 0. The van der Waals surface area contributed by atoms with E-state index in [2.05, 4.69) is 0 Å². The van der Waals surface area contributed by atoms with Crippen LogP contribution in [-0.2, 0) is 4.79 Å². The van der Waals surface area contributed by atoms with Crippen molar-refractivity contribution in [1.29, 1.82) is 0 Å². The third-order valence-electron chi connectivity index (χ3n) is 1.72. The van der Waals surface area contributed by atoms with Crippen LogP contribution in [0, 0.1) is 0 Å². The molecule has 0 heterocycles. The molecule has 1 rings (SSSR count). The van der Waals surface area contributed by atoms with Gasteiger partial charge >= 0.3 is 0 Å². The van der Waals surface area contributed by atoms with E-state index < -0.39 is 0 Å². The molecule has 3 heteroatoms. The highest BCUT2D eigenvalue weighted by molar-refractivity contribution is 5.76. The summed E-state index contributed by atoms with van der Waals surface area (Å²) in [5.41, 5.74) is 0.574. The minimum atomic E-state index is 0.0940. The summed E-state index contributed by atoms with van der Waals surface area (Å²) in [7, 11) is 0. The van der Waals surface area contributed by atoms with Crippen LogP contribution in [-0.4, -0.2) is 18.7 Å². The molecule has 0 aliphatic rings. The zero-order valence-corrected chi connectivity index (χ0v) is 8.03. The van der Waals surface area contributed by atoms with Crippen molar-refractivity contribution in [3.05, 3.63) is 29.8 Å². The Morgan fingerprint density at radius 2 is 2.29 bits per heavy atom. The van der Waals surface area contributed by atoms with Gasteiger partial charge in [0, 0.05) is 12.0 Å². The average Bonchev–Trinajstić information content (AvgIpc) is 2.18. The first-order valence-corrected chi connectivity index (χ1v) is 4.40. The Morgan fingerprint density at radius 3 is 2.93 bits per heavy atom. The summed E-state index contributed by atoms with van der Waals surface area (Å²) in [6, 6.07) is 6.85. The Hall–Kier alpha value is -1.64. The van der Waals surface area contributed by atoms with Crippen molar-refractivity contribution in [2.75, 3.05) is 6.61 Å². The van der Waals surface area contributed by atoms with Crippen LogP contribution in [0.4, 0.5) is 0 Å². The van der Waals surface area contributed by atoms with Gasteiger partial charge in [0.25, 0.3) is 0 Å². The Balaban J connectivity index is 2.50. The lowest BCUT2D eigenvalue weighted by Gasteiger charge is -2.04. The van der Waals surface area contributed by atoms with Crippen molar-refractivity contribution >= 4 is 12.1 Å². The predicted molar refractivity (Wildman–Crippen MR) is 52.6 cm³/mol. The quantitative estimate of drug-likeness (QED) is 0.669. The first kappa shape index (κ1) is 10.4. The third-order valence-corrected chi connectivity index (χ3v) is 1.72. The molecule has 0 amide bonds. The fourth-order valence-corrected chi connectivity index (χ4v) is 0.990. The first-order chi connectivity index (χ1) is 6.72. The molecule has 0 N–H and O–H groups in total. The monoisotopic (exact) mass is 192 g/mol. The maximum absolute atomic E-state index is 10.6. The molecule has 0 spiro atoms. The molecule has 14 heavy (non-hydrogen) atoms. The largest absolute Gasteiger partial charge is 0.493 e.